The molecule has 0 amide bonds. The maximum Gasteiger partial charge on any atom is 0.238 e. The molecule has 0 unspecified atom stereocenters. The highest BCUT2D eigenvalue weighted by molar-refractivity contribution is 5.68. The van der Waals surface area contributed by atoms with Crippen LogP contribution < -0.4 is 5.73 Å². The van der Waals surface area contributed by atoms with Gasteiger partial charge in [0, 0.05) is 6.07 Å². The van der Waals surface area contributed by atoms with Crippen LogP contribution in [-0.2, 0) is 0 Å². The van der Waals surface area contributed by atoms with E-state index >= 15 is 0 Å². The van der Waals surface area contributed by atoms with Gasteiger partial charge in [0.25, 0.3) is 0 Å². The highest BCUT2D eigenvalue weighted by Gasteiger charge is 2.29. The SMILES string of the molecule is Nc1ncc2c(F)cc(-c3c(F)c(F)c(F)c(F)c3F)n2n1. The molecule has 0 spiro atoms. The lowest BCUT2D eigenvalue weighted by Gasteiger charge is -2.08. The van der Waals surface area contributed by atoms with Crippen molar-refractivity contribution in [3.63, 3.8) is 0 Å². The Kier molecular flexibility index (Phi) is 2.97. The zero-order chi connectivity index (χ0) is 16.2. The molecule has 0 saturated carbocycles. The van der Waals surface area contributed by atoms with Gasteiger partial charge >= 0.3 is 0 Å². The van der Waals surface area contributed by atoms with Crippen LogP contribution in [0.2, 0.25) is 0 Å². The summed E-state index contributed by atoms with van der Waals surface area (Å²) in [7, 11) is 0. The van der Waals surface area contributed by atoms with E-state index in [1.54, 1.807) is 0 Å². The lowest BCUT2D eigenvalue weighted by atomic mass is 10.1. The summed E-state index contributed by atoms with van der Waals surface area (Å²) in [6, 6.07) is 0.571. The topological polar surface area (TPSA) is 56.2 Å². The second-order valence-electron chi connectivity index (χ2n) is 4.24. The molecule has 10 heteroatoms. The number of nitrogen functional groups attached to an aromatic ring is 1. The highest BCUT2D eigenvalue weighted by atomic mass is 19.2. The predicted octanol–water partition coefficient (Wildman–Crippen LogP) is 2.81. The molecule has 0 atom stereocenters. The smallest absolute Gasteiger partial charge is 0.238 e. The lowest BCUT2D eigenvalue weighted by Crippen LogP contribution is -2.07. The van der Waals surface area contributed by atoms with Gasteiger partial charge in [0.1, 0.15) is 5.52 Å². The molecule has 3 aromatic rings. The zero-order valence-electron chi connectivity index (χ0n) is 10.3. The number of nitrogens with zero attached hydrogens (tertiary/aromatic N) is 3. The largest absolute Gasteiger partial charge is 0.367 e. The molecule has 0 fully saturated rings. The van der Waals surface area contributed by atoms with Gasteiger partial charge in [-0.1, -0.05) is 0 Å². The summed E-state index contributed by atoms with van der Waals surface area (Å²) in [4.78, 5) is 3.48. The molecule has 0 radical (unpaired) electrons. The first kappa shape index (κ1) is 14.2. The summed E-state index contributed by atoms with van der Waals surface area (Å²) < 4.78 is 81.5. The quantitative estimate of drug-likeness (QED) is 0.426. The van der Waals surface area contributed by atoms with Crippen molar-refractivity contribution < 1.29 is 26.3 Å². The molecule has 0 saturated heterocycles. The second-order valence-corrected chi connectivity index (χ2v) is 4.24. The Labute approximate surface area is 117 Å². The third kappa shape index (κ3) is 1.80. The minimum Gasteiger partial charge on any atom is -0.367 e. The summed E-state index contributed by atoms with van der Waals surface area (Å²) in [6.07, 6.45) is 0.910. The number of anilines is 1. The summed E-state index contributed by atoms with van der Waals surface area (Å²) >= 11 is 0. The third-order valence-electron chi connectivity index (χ3n) is 2.95. The van der Waals surface area contributed by atoms with E-state index in [2.05, 4.69) is 10.1 Å². The van der Waals surface area contributed by atoms with Gasteiger partial charge in [-0.25, -0.2) is 35.8 Å². The zero-order valence-corrected chi connectivity index (χ0v) is 10.3. The van der Waals surface area contributed by atoms with Gasteiger partial charge in [0.15, 0.2) is 29.1 Å². The maximum absolute atomic E-state index is 13.8. The normalized spacial score (nSPS) is 11.4. The first-order chi connectivity index (χ1) is 10.3. The molecule has 3 rings (SSSR count). The summed E-state index contributed by atoms with van der Waals surface area (Å²) in [6.45, 7) is 0. The summed E-state index contributed by atoms with van der Waals surface area (Å²) in [5.41, 5.74) is 2.94. The molecular formula is C12H4F6N4. The molecule has 0 bridgehead atoms. The number of halogens is 6. The van der Waals surface area contributed by atoms with Crippen LogP contribution in [0.3, 0.4) is 0 Å². The fourth-order valence-electron chi connectivity index (χ4n) is 1.97. The fourth-order valence-corrected chi connectivity index (χ4v) is 1.97. The van der Waals surface area contributed by atoms with Crippen molar-refractivity contribution in [1.82, 2.24) is 14.6 Å². The Bertz CT molecular complexity index is 891. The Balaban J connectivity index is 2.45. The van der Waals surface area contributed by atoms with E-state index in [1.165, 1.54) is 0 Å². The van der Waals surface area contributed by atoms with Gasteiger partial charge < -0.3 is 5.73 Å². The van der Waals surface area contributed by atoms with Crippen LogP contribution in [0.15, 0.2) is 12.3 Å². The van der Waals surface area contributed by atoms with Gasteiger partial charge in [-0.05, 0) is 0 Å². The van der Waals surface area contributed by atoms with Gasteiger partial charge in [-0.15, -0.1) is 5.10 Å². The second kappa shape index (κ2) is 4.61. The van der Waals surface area contributed by atoms with Crippen molar-refractivity contribution in [3.05, 3.63) is 47.2 Å². The highest BCUT2D eigenvalue weighted by Crippen LogP contribution is 2.33. The minimum atomic E-state index is -2.31. The average Bonchev–Trinajstić information content (AvgIpc) is 2.80. The van der Waals surface area contributed by atoms with Crippen LogP contribution in [0.5, 0.6) is 0 Å². The molecule has 114 valence electrons. The van der Waals surface area contributed by atoms with E-state index in [0.29, 0.717) is 10.6 Å². The molecule has 2 aromatic heterocycles. The molecule has 0 aliphatic carbocycles. The molecule has 4 nitrogen and oxygen atoms in total. The van der Waals surface area contributed by atoms with Gasteiger partial charge in [0.05, 0.1) is 17.5 Å². The van der Waals surface area contributed by atoms with Crippen LogP contribution in [0.25, 0.3) is 16.8 Å². The molecule has 22 heavy (non-hydrogen) atoms. The Morgan fingerprint density at radius 1 is 0.864 bits per heavy atom. The van der Waals surface area contributed by atoms with Crippen molar-refractivity contribution in [2.24, 2.45) is 0 Å². The van der Waals surface area contributed by atoms with E-state index in [-0.39, 0.29) is 11.5 Å². The van der Waals surface area contributed by atoms with Crippen molar-refractivity contribution in [2.75, 3.05) is 5.73 Å². The van der Waals surface area contributed by atoms with E-state index in [9.17, 15) is 26.3 Å². The first-order valence-electron chi connectivity index (χ1n) is 5.64. The number of fused-ring (bicyclic) bond motifs is 1. The number of nitrogens with two attached hydrogens (primary N) is 1. The predicted molar refractivity (Wildman–Crippen MR) is 62.6 cm³/mol. The molecule has 2 N–H and O–H groups in total. The Morgan fingerprint density at radius 2 is 1.41 bits per heavy atom. The van der Waals surface area contributed by atoms with E-state index in [1.807, 2.05) is 0 Å². The average molecular weight is 318 g/mol. The standard InChI is InChI=1S/C12H4F6N4/c13-3-1-4(22-5(3)2-20-12(19)21-22)6-7(14)9(16)11(18)10(17)8(6)15/h1-2H,(H2,19,21). The number of aromatic nitrogens is 3. The lowest BCUT2D eigenvalue weighted by molar-refractivity contribution is 0.381. The van der Waals surface area contributed by atoms with E-state index in [0.717, 1.165) is 6.20 Å². The van der Waals surface area contributed by atoms with E-state index in [4.69, 9.17) is 5.73 Å². The monoisotopic (exact) mass is 318 g/mol. The molecule has 0 aliphatic heterocycles. The minimum absolute atomic E-state index is 0.340. The Hall–Kier alpha value is -2.78. The first-order valence-corrected chi connectivity index (χ1v) is 5.64. The van der Waals surface area contributed by atoms with Crippen molar-refractivity contribution in [3.8, 4) is 11.3 Å². The Morgan fingerprint density at radius 3 is 2.00 bits per heavy atom. The van der Waals surface area contributed by atoms with Crippen molar-refractivity contribution >= 4 is 11.5 Å². The van der Waals surface area contributed by atoms with Crippen LogP contribution >= 0.6 is 0 Å². The maximum atomic E-state index is 13.8. The summed E-state index contributed by atoms with van der Waals surface area (Å²) in [5.74, 6) is -12.2. The summed E-state index contributed by atoms with van der Waals surface area (Å²) in [5, 5.41) is 3.51. The number of hydrogen-bond acceptors (Lipinski definition) is 3. The number of hydrogen-bond donors (Lipinski definition) is 1. The van der Waals surface area contributed by atoms with Crippen LogP contribution in [0.1, 0.15) is 0 Å². The van der Waals surface area contributed by atoms with E-state index < -0.39 is 46.2 Å². The van der Waals surface area contributed by atoms with Crippen molar-refractivity contribution in [2.45, 2.75) is 0 Å². The van der Waals surface area contributed by atoms with Gasteiger partial charge in [-0.2, -0.15) is 0 Å². The molecule has 1 aromatic carbocycles. The van der Waals surface area contributed by atoms with Crippen molar-refractivity contribution in [1.29, 1.82) is 0 Å². The van der Waals surface area contributed by atoms with Crippen LogP contribution in [0, 0.1) is 34.9 Å². The van der Waals surface area contributed by atoms with Crippen LogP contribution in [0.4, 0.5) is 32.3 Å². The van der Waals surface area contributed by atoms with Gasteiger partial charge in [0.2, 0.25) is 11.8 Å². The molecule has 2 heterocycles. The molecular weight excluding hydrogens is 314 g/mol. The van der Waals surface area contributed by atoms with Crippen LogP contribution in [-0.4, -0.2) is 14.6 Å². The fraction of sp³-hybridized carbons (Fsp3) is 0. The molecule has 0 aliphatic rings. The number of benzene rings is 1. The van der Waals surface area contributed by atoms with Gasteiger partial charge in [-0.3, -0.25) is 0 Å². The third-order valence-corrected chi connectivity index (χ3v) is 2.95. The number of rotatable bonds is 1.